The molecule has 0 radical (unpaired) electrons. The summed E-state index contributed by atoms with van der Waals surface area (Å²) in [6.45, 7) is 16.0. The van der Waals surface area contributed by atoms with Gasteiger partial charge in [-0.3, -0.25) is 52.7 Å². The van der Waals surface area contributed by atoms with Gasteiger partial charge in [0.2, 0.25) is 65.0 Å². The maximum atomic E-state index is 14.8. The van der Waals surface area contributed by atoms with Crippen molar-refractivity contribution in [3.05, 3.63) is 29.8 Å². The van der Waals surface area contributed by atoms with Gasteiger partial charge in [0.15, 0.2) is 0 Å². The lowest BCUT2D eigenvalue weighted by Gasteiger charge is -2.30. The van der Waals surface area contributed by atoms with E-state index in [1.54, 1.807) is 26.2 Å². The van der Waals surface area contributed by atoms with Gasteiger partial charge in [-0.2, -0.15) is 0 Å². The Bertz CT molecular complexity index is 2350. The molecule has 2 saturated heterocycles. The number of amides is 11. The van der Waals surface area contributed by atoms with Crippen molar-refractivity contribution in [3.8, 4) is 5.75 Å². The molecule has 10 atom stereocenters. The third-order valence-corrected chi connectivity index (χ3v) is 14.7. The maximum Gasteiger partial charge on any atom is 0.245 e. The summed E-state index contributed by atoms with van der Waals surface area (Å²) >= 11 is 0. The molecule has 3 rings (SSSR count). The molecule has 83 heavy (non-hydrogen) atoms. The Morgan fingerprint density at radius 3 is 1.80 bits per heavy atom. The molecule has 0 spiro atoms. The Morgan fingerprint density at radius 1 is 0.639 bits per heavy atom. The monoisotopic (exact) mass is 1170 g/mol. The van der Waals surface area contributed by atoms with Crippen molar-refractivity contribution < 1.29 is 57.8 Å². The average Bonchev–Trinajstić information content (AvgIpc) is 4.05. The molecule has 2 aliphatic heterocycles. The summed E-state index contributed by atoms with van der Waals surface area (Å²) in [5.41, 5.74) is 6.37. The van der Waals surface area contributed by atoms with Gasteiger partial charge in [0.05, 0.1) is 0 Å². The predicted octanol–water partition coefficient (Wildman–Crippen LogP) is 1.45. The molecule has 2 aliphatic rings. The lowest BCUT2D eigenvalue weighted by molar-refractivity contribution is -0.142. The Kier molecular flexibility index (Phi) is 30.0. The molecule has 11 amide bonds. The number of carbonyl (C=O) groups is 11. The van der Waals surface area contributed by atoms with Gasteiger partial charge in [-0.05, 0) is 120 Å². The zero-order valence-corrected chi connectivity index (χ0v) is 51.0. The minimum absolute atomic E-state index is 0.0416. The zero-order chi connectivity index (χ0) is 62.1. The number of fused-ring (bicyclic) bond motifs is 1. The van der Waals surface area contributed by atoms with Gasteiger partial charge in [-0.15, -0.1) is 0 Å². The van der Waals surface area contributed by atoms with E-state index >= 15 is 0 Å². The molecule has 1 aromatic carbocycles. The molecule has 12 N–H and O–H groups in total. The van der Waals surface area contributed by atoms with Crippen LogP contribution in [0.15, 0.2) is 24.3 Å². The fourth-order valence-electron chi connectivity index (χ4n) is 10.2. The van der Waals surface area contributed by atoms with E-state index in [1.165, 1.54) is 42.7 Å². The standard InChI is InChI=1S/C59H98N12O12/c1-34(2)30-45(63-39(9)72)53(77)61-37(7)50(74)67-47(32-36(5)6)55(79)64-43(21-17-18-28-60)52(76)69-48(33-40-24-26-41(73)27-25-40)56(80)65-42-20-15-13-12-14-16-22-44(59(83)70(10)11)66-57(81)49-23-19-29-71(49)58(82)38(8)62-54(78)46(31-35(3)4)68-51(42)75/h24-27,34-38,42-49,73H,12-23,28-33,60H2,1-11H3,(H,61,77)(H,62,78)(H,63,72)(H,64,79)(H,65,80)(H,66,81)(H,67,74)(H,68,75)(H,69,76)/t37-,38-,42-,43-,44-,45-,46-,47-,48-,49-/m0/s1. The molecule has 24 nitrogen and oxygen atoms in total. The van der Waals surface area contributed by atoms with Gasteiger partial charge in [0.1, 0.15) is 66.2 Å². The number of phenolic OH excluding ortho intramolecular Hbond substituents is 1. The van der Waals surface area contributed by atoms with E-state index in [4.69, 9.17) is 5.73 Å². The van der Waals surface area contributed by atoms with Crippen LogP contribution in [0.2, 0.25) is 0 Å². The van der Waals surface area contributed by atoms with Crippen LogP contribution in [-0.4, -0.2) is 167 Å². The third-order valence-electron chi connectivity index (χ3n) is 14.7. The number of hydrogen-bond acceptors (Lipinski definition) is 13. The van der Waals surface area contributed by atoms with Crippen LogP contribution in [0.1, 0.15) is 164 Å². The lowest BCUT2D eigenvalue weighted by atomic mass is 9.99. The summed E-state index contributed by atoms with van der Waals surface area (Å²) in [6.07, 6.45) is 5.73. The highest BCUT2D eigenvalue weighted by molar-refractivity contribution is 5.99. The van der Waals surface area contributed by atoms with Crippen molar-refractivity contribution >= 4 is 65.0 Å². The second kappa shape index (κ2) is 35.3. The molecule has 0 bridgehead atoms. The predicted molar refractivity (Wildman–Crippen MR) is 313 cm³/mol. The van der Waals surface area contributed by atoms with Crippen LogP contribution in [0.4, 0.5) is 0 Å². The molecule has 0 aliphatic carbocycles. The summed E-state index contributed by atoms with van der Waals surface area (Å²) in [5.74, 6) is -6.75. The largest absolute Gasteiger partial charge is 0.508 e. The van der Waals surface area contributed by atoms with Gasteiger partial charge in [0, 0.05) is 34.0 Å². The fraction of sp³-hybridized carbons (Fsp3) is 0.712. The van der Waals surface area contributed by atoms with Crippen LogP contribution >= 0.6 is 0 Å². The number of nitrogens with zero attached hydrogens (tertiary/aromatic N) is 2. The minimum atomic E-state index is -1.38. The van der Waals surface area contributed by atoms with E-state index in [0.29, 0.717) is 76.2 Å². The van der Waals surface area contributed by atoms with Crippen molar-refractivity contribution in [1.82, 2.24) is 57.7 Å². The number of hydrogen-bond donors (Lipinski definition) is 11. The summed E-state index contributed by atoms with van der Waals surface area (Å²) in [4.78, 5) is 155. The number of likely N-dealkylation sites (N-methyl/N-ethyl adjacent to an activating group) is 1. The maximum absolute atomic E-state index is 14.8. The lowest BCUT2D eigenvalue weighted by Crippen LogP contribution is -2.60. The Morgan fingerprint density at radius 2 is 1.20 bits per heavy atom. The summed E-state index contributed by atoms with van der Waals surface area (Å²) < 4.78 is 0. The number of benzene rings is 1. The van der Waals surface area contributed by atoms with Crippen molar-refractivity contribution in [1.29, 1.82) is 0 Å². The van der Waals surface area contributed by atoms with Crippen LogP contribution < -0.4 is 53.6 Å². The van der Waals surface area contributed by atoms with Crippen LogP contribution in [0, 0.1) is 17.8 Å². The zero-order valence-electron chi connectivity index (χ0n) is 51.0. The van der Waals surface area contributed by atoms with Crippen LogP contribution in [0.5, 0.6) is 5.75 Å². The Labute approximate surface area is 490 Å². The molecule has 466 valence electrons. The van der Waals surface area contributed by atoms with E-state index in [0.717, 1.165) is 0 Å². The van der Waals surface area contributed by atoms with Crippen LogP contribution in [0.25, 0.3) is 0 Å². The first-order chi connectivity index (χ1) is 39.1. The van der Waals surface area contributed by atoms with E-state index in [-0.39, 0.29) is 74.6 Å². The number of rotatable bonds is 24. The number of phenols is 1. The van der Waals surface area contributed by atoms with Gasteiger partial charge in [0.25, 0.3) is 0 Å². The summed E-state index contributed by atoms with van der Waals surface area (Å²) in [5, 5.41) is 35.0. The molecule has 24 heteroatoms. The smallest absolute Gasteiger partial charge is 0.245 e. The number of unbranched alkanes of at least 4 members (excludes halogenated alkanes) is 1. The SMILES string of the molecule is CC(=O)N[C@@H](CC(C)C)C(=O)N[C@@H](C)C(=O)N[C@@H](CC(C)C)C(=O)N[C@@H](CCCCN)C(=O)N[C@@H](Cc1ccc(O)cc1)C(=O)N[C@H]1CCCCCCC[C@@H](C(=O)N(C)C)NC(=O)[C@@H]2CCCN2C(=O)[C@H](C)NC(=O)[C@H](CC(C)C)NC1=O. The van der Waals surface area contributed by atoms with Crippen molar-refractivity contribution in [2.75, 3.05) is 27.2 Å². The number of nitrogens with two attached hydrogens (primary N) is 1. The molecule has 2 heterocycles. The van der Waals surface area contributed by atoms with Gasteiger partial charge < -0.3 is 68.5 Å². The summed E-state index contributed by atoms with van der Waals surface area (Å²) in [6, 6.07) is -5.06. The molecular formula is C59H98N12O12. The van der Waals surface area contributed by atoms with Crippen LogP contribution in [-0.2, 0) is 59.2 Å². The first-order valence-corrected chi connectivity index (χ1v) is 29.8. The Hall–Kier alpha value is -6.85. The first-order valence-electron chi connectivity index (χ1n) is 29.8. The van der Waals surface area contributed by atoms with Crippen molar-refractivity contribution in [2.45, 2.75) is 225 Å². The molecule has 0 saturated carbocycles. The number of aromatic hydroxyl groups is 1. The summed E-state index contributed by atoms with van der Waals surface area (Å²) in [7, 11) is 3.21. The van der Waals surface area contributed by atoms with E-state index in [2.05, 4.69) is 47.9 Å². The number of nitrogens with one attached hydrogen (secondary N) is 9. The molecule has 0 aromatic heterocycles. The van der Waals surface area contributed by atoms with Crippen molar-refractivity contribution in [2.24, 2.45) is 23.5 Å². The highest BCUT2D eigenvalue weighted by Crippen LogP contribution is 2.21. The van der Waals surface area contributed by atoms with Gasteiger partial charge in [-0.1, -0.05) is 85.8 Å². The molecule has 2 fully saturated rings. The van der Waals surface area contributed by atoms with Gasteiger partial charge >= 0.3 is 0 Å². The highest BCUT2D eigenvalue weighted by Gasteiger charge is 2.40. The normalized spacial score (nSPS) is 21.4. The van der Waals surface area contributed by atoms with Gasteiger partial charge in [-0.25, -0.2) is 0 Å². The van der Waals surface area contributed by atoms with E-state index < -0.39 is 119 Å². The van der Waals surface area contributed by atoms with E-state index in [9.17, 15) is 57.8 Å². The topological polar surface area (TPSA) is 349 Å². The molecule has 1 aromatic rings. The quantitative estimate of drug-likeness (QED) is 0.0654. The number of carbonyl (C=O) groups excluding carboxylic acids is 11. The Balaban J connectivity index is 1.98. The third kappa shape index (κ3) is 24.5. The molecule has 0 unspecified atom stereocenters. The minimum Gasteiger partial charge on any atom is -0.508 e. The first kappa shape index (κ1) is 70.4. The fourth-order valence-corrected chi connectivity index (χ4v) is 10.2. The second-order valence-corrected chi connectivity index (χ2v) is 23.9. The van der Waals surface area contributed by atoms with Crippen LogP contribution in [0.3, 0.4) is 0 Å². The van der Waals surface area contributed by atoms with Crippen molar-refractivity contribution in [3.63, 3.8) is 0 Å². The highest BCUT2D eigenvalue weighted by atomic mass is 16.3. The molecular weight excluding hydrogens is 1070 g/mol. The second-order valence-electron chi connectivity index (χ2n) is 23.9. The average molecular weight is 1170 g/mol. The van der Waals surface area contributed by atoms with E-state index in [1.807, 2.05) is 41.5 Å².